The molecule has 1 saturated carbocycles. The molecule has 4 aromatic carbocycles. The summed E-state index contributed by atoms with van der Waals surface area (Å²) in [6.07, 6.45) is 9.38. The molecule has 0 spiro atoms. The van der Waals surface area contributed by atoms with Gasteiger partial charge in [0.05, 0.1) is 29.0 Å². The van der Waals surface area contributed by atoms with E-state index in [1.165, 1.54) is 29.2 Å². The maximum atomic E-state index is 14.6. The average Bonchev–Trinajstić information content (AvgIpc) is 3.34. The van der Waals surface area contributed by atoms with Crippen molar-refractivity contribution in [3.8, 4) is 17.2 Å². The Morgan fingerprint density at radius 2 is 1.70 bits per heavy atom. The third-order valence-electron chi connectivity index (χ3n) is 12.7. The van der Waals surface area contributed by atoms with Gasteiger partial charge in [0.1, 0.15) is 42.3 Å². The summed E-state index contributed by atoms with van der Waals surface area (Å²) >= 11 is 7.72. The second kappa shape index (κ2) is 23.5. The number of aliphatic hydroxyl groups excluding tert-OH is 2. The molecule has 4 aromatic rings. The maximum Gasteiger partial charge on any atom is 0.410 e. The zero-order valence-corrected chi connectivity index (χ0v) is 39.0. The van der Waals surface area contributed by atoms with Crippen LogP contribution in [0.2, 0.25) is 0 Å². The normalized spacial score (nSPS) is 22.1. The highest BCUT2D eigenvalue weighted by Crippen LogP contribution is 2.62. The number of unbranched alkanes of at least 4 members (excludes halogenated alkanes) is 2. The number of carbonyl (C=O) groups excluding carboxylic acids is 1. The lowest BCUT2D eigenvalue weighted by Gasteiger charge is -2.59. The first-order valence-electron chi connectivity index (χ1n) is 22.6. The molecule has 3 aliphatic rings. The molecule has 0 radical (unpaired) electrons. The second-order valence-electron chi connectivity index (χ2n) is 16.8. The molecular formula is C51H57ClFN3O10S. The highest BCUT2D eigenvalue weighted by Gasteiger charge is 2.65. The van der Waals surface area contributed by atoms with Crippen molar-refractivity contribution in [3.05, 3.63) is 148 Å². The van der Waals surface area contributed by atoms with Gasteiger partial charge in [-0.1, -0.05) is 42.3 Å². The van der Waals surface area contributed by atoms with Gasteiger partial charge in [-0.3, -0.25) is 15.0 Å². The molecule has 1 heterocycles. The molecule has 356 valence electrons. The number of alkyl halides is 1. The second-order valence-corrected chi connectivity index (χ2v) is 18.1. The van der Waals surface area contributed by atoms with Gasteiger partial charge in [0, 0.05) is 54.7 Å². The fourth-order valence-electron chi connectivity index (χ4n) is 9.69. The van der Waals surface area contributed by atoms with E-state index in [1.54, 1.807) is 42.1 Å². The van der Waals surface area contributed by atoms with Crippen molar-refractivity contribution in [2.45, 2.75) is 80.7 Å². The Morgan fingerprint density at radius 3 is 2.37 bits per heavy atom. The largest absolute Gasteiger partial charge is 0.459 e. The van der Waals surface area contributed by atoms with Crippen molar-refractivity contribution in [1.29, 1.82) is 0 Å². The minimum absolute atomic E-state index is 0.00955. The number of hydrogen-bond donors (Lipinski definition) is 2. The van der Waals surface area contributed by atoms with Crippen LogP contribution in [-0.2, 0) is 27.5 Å². The van der Waals surface area contributed by atoms with Gasteiger partial charge in [-0.05, 0) is 127 Å². The molecule has 1 aliphatic heterocycles. The number of thioether (sulfide) groups is 1. The molecule has 0 saturated heterocycles. The van der Waals surface area contributed by atoms with Crippen molar-refractivity contribution < 1.29 is 48.1 Å². The Hall–Kier alpha value is -5.45. The van der Waals surface area contributed by atoms with Crippen LogP contribution in [0, 0.1) is 33.7 Å². The van der Waals surface area contributed by atoms with E-state index in [4.69, 9.17) is 40.5 Å². The number of aliphatic hydroxyl groups is 2. The molecular weight excluding hydrogens is 901 g/mol. The van der Waals surface area contributed by atoms with Gasteiger partial charge in [-0.25, -0.2) is 9.18 Å². The molecule has 1 fully saturated rings. The summed E-state index contributed by atoms with van der Waals surface area (Å²) in [4.78, 5) is 34.3. The van der Waals surface area contributed by atoms with E-state index < -0.39 is 34.6 Å². The van der Waals surface area contributed by atoms with E-state index in [0.29, 0.717) is 46.9 Å². The lowest BCUT2D eigenvalue weighted by molar-refractivity contribution is -0.384. The monoisotopic (exact) mass is 957 g/mol. The third kappa shape index (κ3) is 11.6. The van der Waals surface area contributed by atoms with E-state index >= 15 is 0 Å². The van der Waals surface area contributed by atoms with E-state index in [2.05, 4.69) is 12.7 Å². The van der Waals surface area contributed by atoms with E-state index in [1.807, 2.05) is 48.7 Å². The molecule has 1 amide bonds. The van der Waals surface area contributed by atoms with E-state index in [0.717, 1.165) is 41.7 Å². The predicted molar refractivity (Wildman–Crippen MR) is 255 cm³/mol. The van der Waals surface area contributed by atoms with Crippen LogP contribution in [0.1, 0.15) is 67.6 Å². The number of oxime groups is 1. The Bertz CT molecular complexity index is 2370. The number of carbonyl (C=O) groups is 1. The first kappa shape index (κ1) is 49.5. The third-order valence-corrected chi connectivity index (χ3v) is 13.6. The number of nitrogens with zero attached hydrogens (tertiary/aromatic N) is 3. The van der Waals surface area contributed by atoms with Gasteiger partial charge in [0.15, 0.2) is 0 Å². The van der Waals surface area contributed by atoms with Gasteiger partial charge in [0.25, 0.3) is 5.69 Å². The summed E-state index contributed by atoms with van der Waals surface area (Å²) in [5.41, 5.74) is 3.43. The Kier molecular flexibility index (Phi) is 17.4. The van der Waals surface area contributed by atoms with Gasteiger partial charge >= 0.3 is 6.09 Å². The summed E-state index contributed by atoms with van der Waals surface area (Å²) in [6, 6.07) is 24.6. The van der Waals surface area contributed by atoms with Crippen LogP contribution in [0.15, 0.2) is 125 Å². The van der Waals surface area contributed by atoms with Crippen molar-refractivity contribution in [2.24, 2.45) is 22.9 Å². The SMILES string of the molecule is C=CCOC12Oc3ccc(Oc4ccc(SC)cc4)cc3C3C(CCCCO)C(CCCCO)C=C(C(=NOCc4ccc([N+](=O)[O-])cc4)CC1N(Cc1ccc(F)cc1)C(=O)OCCCl)C32. The van der Waals surface area contributed by atoms with Gasteiger partial charge in [0.2, 0.25) is 5.79 Å². The summed E-state index contributed by atoms with van der Waals surface area (Å²) < 4.78 is 41.0. The molecule has 16 heteroatoms. The summed E-state index contributed by atoms with van der Waals surface area (Å²) in [5, 5.41) is 36.2. The fraction of sp³-hybridized carbons (Fsp3) is 0.412. The Labute approximate surface area is 399 Å². The first-order valence-corrected chi connectivity index (χ1v) is 24.4. The lowest BCUT2D eigenvalue weighted by Crippen LogP contribution is -2.70. The van der Waals surface area contributed by atoms with Crippen LogP contribution in [0.25, 0.3) is 0 Å². The maximum absolute atomic E-state index is 14.6. The van der Waals surface area contributed by atoms with Crippen LogP contribution in [0.4, 0.5) is 14.9 Å². The molecule has 13 nitrogen and oxygen atoms in total. The van der Waals surface area contributed by atoms with E-state index in [-0.39, 0.29) is 75.3 Å². The van der Waals surface area contributed by atoms with Crippen molar-refractivity contribution in [1.82, 2.24) is 4.90 Å². The topological polar surface area (TPSA) is 162 Å². The quantitative estimate of drug-likeness (QED) is 0.0182. The minimum atomic E-state index is -1.60. The van der Waals surface area contributed by atoms with Crippen LogP contribution < -0.4 is 9.47 Å². The molecule has 7 rings (SSSR count). The molecule has 6 atom stereocenters. The number of halogens is 2. The molecule has 0 bridgehead atoms. The molecule has 2 aliphatic carbocycles. The van der Waals surface area contributed by atoms with Gasteiger partial charge in [-0.2, -0.15) is 0 Å². The minimum Gasteiger partial charge on any atom is -0.459 e. The number of nitro groups is 1. The number of nitro benzene ring substituents is 1. The van der Waals surface area contributed by atoms with Crippen LogP contribution in [0.3, 0.4) is 0 Å². The predicted octanol–water partition coefficient (Wildman–Crippen LogP) is 11.0. The number of allylic oxidation sites excluding steroid dienone is 1. The van der Waals surface area contributed by atoms with Crippen LogP contribution in [-0.4, -0.2) is 82.2 Å². The lowest BCUT2D eigenvalue weighted by atomic mass is 9.55. The molecule has 6 unspecified atom stereocenters. The molecule has 0 aromatic heterocycles. The number of fused-ring (bicyclic) bond motifs is 2. The van der Waals surface area contributed by atoms with Gasteiger partial charge in [-0.15, -0.1) is 29.9 Å². The number of rotatable bonds is 23. The average molecular weight is 959 g/mol. The zero-order valence-electron chi connectivity index (χ0n) is 37.5. The van der Waals surface area contributed by atoms with Crippen molar-refractivity contribution in [2.75, 3.05) is 38.6 Å². The highest BCUT2D eigenvalue weighted by molar-refractivity contribution is 7.98. The van der Waals surface area contributed by atoms with Gasteiger partial charge < -0.3 is 34.0 Å². The summed E-state index contributed by atoms with van der Waals surface area (Å²) in [7, 11) is 0. The summed E-state index contributed by atoms with van der Waals surface area (Å²) in [5.74, 6) is -1.27. The smallest absolute Gasteiger partial charge is 0.410 e. The zero-order chi connectivity index (χ0) is 47.3. The standard InChI is InChI=1S/C51H57ClFN3O10S/c1-3-27-63-51-47(55(50(59)62-28-24-52)32-34-10-14-37(53)15-11-34)31-45(54-64-33-35-12-16-38(17-13-35)56(60)61)43-29-36(8-4-6-25-57)42(9-5-7-26-58)48(49(43)51)44-30-40(20-23-46(44)66-51)65-39-18-21-41(67-2)22-19-39/h3,10-23,29-30,36,42,47-49,57-58H,1,4-9,24-28,31-33H2,2H3. The van der Waals surface area contributed by atoms with Crippen molar-refractivity contribution in [3.63, 3.8) is 0 Å². The van der Waals surface area contributed by atoms with Crippen LogP contribution in [0.5, 0.6) is 17.2 Å². The van der Waals surface area contributed by atoms with Crippen LogP contribution >= 0.6 is 23.4 Å². The van der Waals surface area contributed by atoms with Crippen molar-refractivity contribution >= 4 is 40.9 Å². The van der Waals surface area contributed by atoms with E-state index in [9.17, 15) is 29.5 Å². The number of ether oxygens (including phenoxy) is 4. The molecule has 2 N–H and O–H groups in total. The Balaban J connectivity index is 1.44. The number of non-ortho nitro benzene ring substituents is 1. The Morgan fingerprint density at radius 1 is 1.00 bits per heavy atom. The number of benzene rings is 4. The molecule has 67 heavy (non-hydrogen) atoms. The number of hydrogen-bond acceptors (Lipinski definition) is 12. The highest BCUT2D eigenvalue weighted by atomic mass is 35.5. The summed E-state index contributed by atoms with van der Waals surface area (Å²) in [6.45, 7) is 4.00. The first-order chi connectivity index (χ1) is 32.6. The number of amides is 1. The fourth-order valence-corrected chi connectivity index (χ4v) is 10.2.